The molecule has 19 heavy (non-hydrogen) atoms. The van der Waals surface area contributed by atoms with Gasteiger partial charge in [0.1, 0.15) is 5.69 Å². The average Bonchev–Trinajstić information content (AvgIpc) is 2.76. The summed E-state index contributed by atoms with van der Waals surface area (Å²) in [6, 6.07) is 4.02. The molecule has 8 heteroatoms. The fraction of sp³-hybridized carbons (Fsp3) is 0. The van der Waals surface area contributed by atoms with E-state index in [1.807, 2.05) is 0 Å². The van der Waals surface area contributed by atoms with Gasteiger partial charge in [0.2, 0.25) is 0 Å². The number of rotatable bonds is 3. The number of benzene rings is 1. The van der Waals surface area contributed by atoms with Crippen molar-refractivity contribution in [2.75, 3.05) is 5.73 Å². The van der Waals surface area contributed by atoms with Crippen molar-refractivity contribution in [2.24, 2.45) is 5.73 Å². The van der Waals surface area contributed by atoms with Gasteiger partial charge in [0.05, 0.1) is 16.3 Å². The van der Waals surface area contributed by atoms with Crippen molar-refractivity contribution < 1.29 is 14.7 Å². The number of halogens is 1. The van der Waals surface area contributed by atoms with E-state index in [1.165, 1.54) is 29.1 Å². The first-order chi connectivity index (χ1) is 8.90. The highest BCUT2D eigenvalue weighted by atomic mass is 35.5. The van der Waals surface area contributed by atoms with E-state index in [0.717, 1.165) is 0 Å². The van der Waals surface area contributed by atoms with Crippen LogP contribution in [0.4, 0.5) is 5.69 Å². The molecule has 1 heterocycles. The number of amides is 1. The summed E-state index contributed by atoms with van der Waals surface area (Å²) in [6.07, 6.45) is 1.39. The van der Waals surface area contributed by atoms with Crippen molar-refractivity contribution >= 4 is 29.2 Å². The monoisotopic (exact) mass is 280 g/mol. The summed E-state index contributed by atoms with van der Waals surface area (Å²) in [7, 11) is 0. The molecule has 0 fully saturated rings. The Morgan fingerprint density at radius 1 is 1.37 bits per heavy atom. The van der Waals surface area contributed by atoms with Gasteiger partial charge in [-0.05, 0) is 18.2 Å². The third kappa shape index (κ3) is 2.36. The minimum Gasteiger partial charge on any atom is -0.478 e. The Morgan fingerprint density at radius 2 is 2.05 bits per heavy atom. The Kier molecular flexibility index (Phi) is 3.14. The molecular formula is C11H9ClN4O3. The second kappa shape index (κ2) is 4.62. The quantitative estimate of drug-likeness (QED) is 0.721. The van der Waals surface area contributed by atoms with E-state index in [0.29, 0.717) is 0 Å². The van der Waals surface area contributed by atoms with E-state index in [-0.39, 0.29) is 27.7 Å². The number of carbonyl (C=O) groups is 2. The predicted molar refractivity (Wildman–Crippen MR) is 68.5 cm³/mol. The van der Waals surface area contributed by atoms with Crippen LogP contribution in [-0.4, -0.2) is 26.8 Å². The molecule has 2 aromatic rings. The SMILES string of the molecule is NC(=O)c1ccn(-c2c(Cl)cc(N)cc2C(=O)O)n1. The number of nitrogens with two attached hydrogens (primary N) is 2. The molecule has 98 valence electrons. The lowest BCUT2D eigenvalue weighted by atomic mass is 10.1. The number of aromatic nitrogens is 2. The first kappa shape index (κ1) is 12.9. The fourth-order valence-electron chi connectivity index (χ4n) is 1.60. The van der Waals surface area contributed by atoms with Gasteiger partial charge >= 0.3 is 5.97 Å². The lowest BCUT2D eigenvalue weighted by Gasteiger charge is -2.09. The molecule has 0 spiro atoms. The summed E-state index contributed by atoms with van der Waals surface area (Å²) in [5.41, 5.74) is 10.8. The Labute approximate surface area is 112 Å². The van der Waals surface area contributed by atoms with E-state index in [9.17, 15) is 9.59 Å². The van der Waals surface area contributed by atoms with Gasteiger partial charge in [0.15, 0.2) is 0 Å². The van der Waals surface area contributed by atoms with Crippen LogP contribution in [0.3, 0.4) is 0 Å². The Morgan fingerprint density at radius 3 is 2.58 bits per heavy atom. The number of primary amides is 1. The van der Waals surface area contributed by atoms with Crippen molar-refractivity contribution in [2.45, 2.75) is 0 Å². The third-order valence-corrected chi connectivity index (χ3v) is 2.67. The molecule has 2 rings (SSSR count). The van der Waals surface area contributed by atoms with Crippen LogP contribution >= 0.6 is 11.6 Å². The first-order valence-corrected chi connectivity index (χ1v) is 5.46. The summed E-state index contributed by atoms with van der Waals surface area (Å²) < 4.78 is 1.17. The molecule has 1 aromatic carbocycles. The number of hydrogen-bond donors (Lipinski definition) is 3. The van der Waals surface area contributed by atoms with Crippen LogP contribution in [0.1, 0.15) is 20.8 Å². The number of aromatic carboxylic acids is 1. The molecule has 0 radical (unpaired) electrons. The Hall–Kier alpha value is -2.54. The van der Waals surface area contributed by atoms with Gasteiger partial charge in [-0.15, -0.1) is 0 Å². The van der Waals surface area contributed by atoms with Crippen LogP contribution in [0.15, 0.2) is 24.4 Å². The van der Waals surface area contributed by atoms with E-state index >= 15 is 0 Å². The van der Waals surface area contributed by atoms with Crippen LogP contribution in [0.25, 0.3) is 5.69 Å². The second-order valence-electron chi connectivity index (χ2n) is 3.71. The fourth-order valence-corrected chi connectivity index (χ4v) is 1.91. The zero-order chi connectivity index (χ0) is 14.2. The minimum absolute atomic E-state index is 0.00392. The molecule has 1 amide bonds. The minimum atomic E-state index is -1.21. The van der Waals surface area contributed by atoms with Gasteiger partial charge < -0.3 is 16.6 Å². The van der Waals surface area contributed by atoms with Crippen molar-refractivity contribution in [3.05, 3.63) is 40.7 Å². The number of carboxylic acids is 1. The lowest BCUT2D eigenvalue weighted by Crippen LogP contribution is -2.13. The smallest absolute Gasteiger partial charge is 0.338 e. The van der Waals surface area contributed by atoms with Gasteiger partial charge in [0.25, 0.3) is 5.91 Å². The van der Waals surface area contributed by atoms with Crippen LogP contribution in [0.5, 0.6) is 0 Å². The van der Waals surface area contributed by atoms with E-state index in [1.54, 1.807) is 0 Å². The molecule has 7 nitrogen and oxygen atoms in total. The van der Waals surface area contributed by atoms with Crippen LogP contribution < -0.4 is 11.5 Å². The van der Waals surface area contributed by atoms with Crippen LogP contribution in [-0.2, 0) is 0 Å². The highest BCUT2D eigenvalue weighted by molar-refractivity contribution is 6.33. The second-order valence-corrected chi connectivity index (χ2v) is 4.12. The van der Waals surface area contributed by atoms with Crippen molar-refractivity contribution in [3.63, 3.8) is 0 Å². The van der Waals surface area contributed by atoms with Gasteiger partial charge in [-0.25, -0.2) is 9.48 Å². The largest absolute Gasteiger partial charge is 0.478 e. The maximum Gasteiger partial charge on any atom is 0.338 e. The summed E-state index contributed by atoms with van der Waals surface area (Å²) >= 11 is 5.98. The first-order valence-electron chi connectivity index (χ1n) is 5.08. The number of anilines is 1. The van der Waals surface area contributed by atoms with E-state index in [4.69, 9.17) is 28.2 Å². The summed E-state index contributed by atoms with van der Waals surface area (Å²) in [6.45, 7) is 0. The highest BCUT2D eigenvalue weighted by Crippen LogP contribution is 2.27. The zero-order valence-electron chi connectivity index (χ0n) is 9.50. The van der Waals surface area contributed by atoms with E-state index < -0.39 is 11.9 Å². The van der Waals surface area contributed by atoms with Crippen molar-refractivity contribution in [1.82, 2.24) is 9.78 Å². The predicted octanol–water partition coefficient (Wildman–Crippen LogP) is 0.905. The zero-order valence-corrected chi connectivity index (χ0v) is 10.3. The van der Waals surface area contributed by atoms with Crippen LogP contribution in [0, 0.1) is 0 Å². The normalized spacial score (nSPS) is 10.4. The summed E-state index contributed by atoms with van der Waals surface area (Å²) in [5.74, 6) is -1.93. The summed E-state index contributed by atoms with van der Waals surface area (Å²) in [4.78, 5) is 22.2. The molecule has 0 aliphatic rings. The molecule has 0 aliphatic heterocycles. The molecule has 0 saturated heterocycles. The Balaban J connectivity index is 2.66. The molecule has 5 N–H and O–H groups in total. The number of carboxylic acid groups (broad SMARTS) is 1. The topological polar surface area (TPSA) is 124 Å². The molecule has 0 unspecified atom stereocenters. The molecular weight excluding hydrogens is 272 g/mol. The van der Waals surface area contributed by atoms with Crippen molar-refractivity contribution in [3.8, 4) is 5.69 Å². The van der Waals surface area contributed by atoms with Gasteiger partial charge in [-0.1, -0.05) is 11.6 Å². The van der Waals surface area contributed by atoms with Gasteiger partial charge in [-0.2, -0.15) is 5.10 Å². The van der Waals surface area contributed by atoms with Crippen molar-refractivity contribution in [1.29, 1.82) is 0 Å². The number of nitrogen functional groups attached to an aromatic ring is 1. The number of nitrogens with zero attached hydrogens (tertiary/aromatic N) is 2. The maximum absolute atomic E-state index is 11.2. The standard InChI is InChI=1S/C11H9ClN4O3/c12-7-4-5(13)3-6(11(18)19)9(7)16-2-1-8(15-16)10(14)17/h1-4H,13H2,(H2,14,17)(H,18,19). The molecule has 0 atom stereocenters. The van der Waals surface area contributed by atoms with Crippen LogP contribution in [0.2, 0.25) is 5.02 Å². The molecule has 0 aliphatic carbocycles. The number of carbonyl (C=O) groups excluding carboxylic acids is 1. The average molecular weight is 281 g/mol. The molecule has 0 bridgehead atoms. The summed E-state index contributed by atoms with van der Waals surface area (Å²) in [5, 5.41) is 13.1. The Bertz CT molecular complexity index is 681. The maximum atomic E-state index is 11.2. The molecule has 1 aromatic heterocycles. The molecule has 0 saturated carbocycles. The third-order valence-electron chi connectivity index (χ3n) is 2.39. The van der Waals surface area contributed by atoms with E-state index in [2.05, 4.69) is 5.10 Å². The van der Waals surface area contributed by atoms with Gasteiger partial charge in [-0.3, -0.25) is 4.79 Å². The lowest BCUT2D eigenvalue weighted by molar-refractivity contribution is 0.0696. The number of hydrogen-bond acceptors (Lipinski definition) is 4. The van der Waals surface area contributed by atoms with Gasteiger partial charge in [0, 0.05) is 11.9 Å². The highest BCUT2D eigenvalue weighted by Gasteiger charge is 2.18.